The SMILES string of the molecule is CC1=CCc2c(O)c(Cl)cc(O)c2C1. The Balaban J connectivity index is 2.62. The first kappa shape index (κ1) is 9.41. The number of aromatic hydroxyl groups is 2. The fraction of sp³-hybridized carbons (Fsp3) is 0.273. The van der Waals surface area contributed by atoms with Gasteiger partial charge in [0.25, 0.3) is 0 Å². The predicted octanol–water partition coefficient (Wildman–Crippen LogP) is 2.80. The first-order valence-corrected chi connectivity index (χ1v) is 4.85. The van der Waals surface area contributed by atoms with E-state index in [9.17, 15) is 10.2 Å². The van der Waals surface area contributed by atoms with E-state index in [0.717, 1.165) is 11.1 Å². The van der Waals surface area contributed by atoms with Crippen molar-refractivity contribution in [3.05, 3.63) is 33.9 Å². The normalized spacial score (nSPS) is 14.9. The van der Waals surface area contributed by atoms with Gasteiger partial charge in [0.1, 0.15) is 11.5 Å². The summed E-state index contributed by atoms with van der Waals surface area (Å²) < 4.78 is 0. The number of phenolic OH excluding ortho intramolecular Hbond substituents is 2. The maximum atomic E-state index is 9.68. The van der Waals surface area contributed by atoms with Crippen LogP contribution >= 0.6 is 11.6 Å². The summed E-state index contributed by atoms with van der Waals surface area (Å²) >= 11 is 5.76. The van der Waals surface area contributed by atoms with Crippen LogP contribution in [0.25, 0.3) is 0 Å². The highest BCUT2D eigenvalue weighted by molar-refractivity contribution is 6.32. The van der Waals surface area contributed by atoms with Crippen molar-refractivity contribution in [3.63, 3.8) is 0 Å². The standard InChI is InChI=1S/C11H11ClO2/c1-6-2-3-7-8(4-6)10(13)5-9(12)11(7)14/h2,5,13-14H,3-4H2,1H3. The summed E-state index contributed by atoms with van der Waals surface area (Å²) in [6.45, 7) is 2.01. The Hall–Kier alpha value is -1.15. The van der Waals surface area contributed by atoms with Gasteiger partial charge in [-0.1, -0.05) is 23.3 Å². The lowest BCUT2D eigenvalue weighted by molar-refractivity contribution is 0.449. The van der Waals surface area contributed by atoms with E-state index in [0.29, 0.717) is 12.8 Å². The van der Waals surface area contributed by atoms with Gasteiger partial charge in [0.15, 0.2) is 0 Å². The summed E-state index contributed by atoms with van der Waals surface area (Å²) in [4.78, 5) is 0. The minimum Gasteiger partial charge on any atom is -0.508 e. The molecule has 74 valence electrons. The molecule has 0 atom stereocenters. The largest absolute Gasteiger partial charge is 0.508 e. The molecule has 0 heterocycles. The molecule has 2 N–H and O–H groups in total. The van der Waals surface area contributed by atoms with Crippen molar-refractivity contribution in [2.24, 2.45) is 0 Å². The Labute approximate surface area is 87.5 Å². The highest BCUT2D eigenvalue weighted by Gasteiger charge is 2.18. The van der Waals surface area contributed by atoms with Crippen LogP contribution in [0.2, 0.25) is 5.02 Å². The van der Waals surface area contributed by atoms with E-state index < -0.39 is 0 Å². The smallest absolute Gasteiger partial charge is 0.138 e. The number of benzene rings is 1. The van der Waals surface area contributed by atoms with Crippen LogP contribution < -0.4 is 0 Å². The van der Waals surface area contributed by atoms with Crippen molar-refractivity contribution >= 4 is 11.6 Å². The van der Waals surface area contributed by atoms with Crippen LogP contribution in [0.5, 0.6) is 11.5 Å². The molecule has 0 radical (unpaired) electrons. The summed E-state index contributed by atoms with van der Waals surface area (Å²) in [6, 6.07) is 1.40. The third-order valence-electron chi connectivity index (χ3n) is 2.56. The van der Waals surface area contributed by atoms with Crippen LogP contribution in [0.15, 0.2) is 17.7 Å². The summed E-state index contributed by atoms with van der Waals surface area (Å²) in [5.41, 5.74) is 2.75. The molecule has 2 rings (SSSR count). The zero-order valence-electron chi connectivity index (χ0n) is 7.84. The third kappa shape index (κ3) is 1.36. The molecule has 0 unspecified atom stereocenters. The fourth-order valence-corrected chi connectivity index (χ4v) is 1.98. The topological polar surface area (TPSA) is 40.5 Å². The van der Waals surface area contributed by atoms with Crippen molar-refractivity contribution in [1.29, 1.82) is 0 Å². The van der Waals surface area contributed by atoms with Crippen molar-refractivity contribution in [2.75, 3.05) is 0 Å². The molecule has 0 fully saturated rings. The molecule has 2 nitrogen and oxygen atoms in total. The van der Waals surface area contributed by atoms with Crippen LogP contribution in [0.4, 0.5) is 0 Å². The Morgan fingerprint density at radius 2 is 2.00 bits per heavy atom. The monoisotopic (exact) mass is 210 g/mol. The Morgan fingerprint density at radius 1 is 1.29 bits per heavy atom. The molecule has 1 aromatic carbocycles. The molecule has 0 spiro atoms. The molecular formula is C11H11ClO2. The molecule has 14 heavy (non-hydrogen) atoms. The predicted molar refractivity (Wildman–Crippen MR) is 55.9 cm³/mol. The summed E-state index contributed by atoms with van der Waals surface area (Å²) in [5, 5.41) is 19.6. The number of hydrogen-bond acceptors (Lipinski definition) is 2. The van der Waals surface area contributed by atoms with Crippen molar-refractivity contribution in [1.82, 2.24) is 0 Å². The van der Waals surface area contributed by atoms with Gasteiger partial charge in [0.2, 0.25) is 0 Å². The number of halogens is 1. The van der Waals surface area contributed by atoms with Crippen LogP contribution in [0, 0.1) is 0 Å². The fourth-order valence-electron chi connectivity index (χ4n) is 1.76. The summed E-state index contributed by atoms with van der Waals surface area (Å²) in [6.07, 6.45) is 3.37. The number of phenols is 2. The van der Waals surface area contributed by atoms with Crippen molar-refractivity contribution in [2.45, 2.75) is 19.8 Å². The minimum absolute atomic E-state index is 0.100. The minimum atomic E-state index is 0.100. The molecule has 3 heteroatoms. The van der Waals surface area contributed by atoms with E-state index in [2.05, 4.69) is 0 Å². The van der Waals surface area contributed by atoms with Gasteiger partial charge in [-0.25, -0.2) is 0 Å². The van der Waals surface area contributed by atoms with Crippen molar-refractivity contribution in [3.8, 4) is 11.5 Å². The molecule has 0 saturated carbocycles. The van der Waals surface area contributed by atoms with Gasteiger partial charge in [-0.3, -0.25) is 0 Å². The Bertz CT molecular complexity index is 422. The molecule has 0 aliphatic heterocycles. The lowest BCUT2D eigenvalue weighted by Gasteiger charge is -2.18. The highest BCUT2D eigenvalue weighted by atomic mass is 35.5. The second-order valence-corrected chi connectivity index (χ2v) is 4.02. The number of hydrogen-bond donors (Lipinski definition) is 2. The van der Waals surface area contributed by atoms with E-state index in [-0.39, 0.29) is 16.5 Å². The Morgan fingerprint density at radius 3 is 2.71 bits per heavy atom. The third-order valence-corrected chi connectivity index (χ3v) is 2.85. The van der Waals surface area contributed by atoms with Gasteiger partial charge >= 0.3 is 0 Å². The quantitative estimate of drug-likeness (QED) is 0.511. The van der Waals surface area contributed by atoms with E-state index in [4.69, 9.17) is 11.6 Å². The molecule has 1 aliphatic carbocycles. The lowest BCUT2D eigenvalue weighted by atomic mass is 9.91. The average Bonchev–Trinajstić information content (AvgIpc) is 2.14. The van der Waals surface area contributed by atoms with Crippen LogP contribution in [-0.2, 0) is 12.8 Å². The van der Waals surface area contributed by atoms with Crippen molar-refractivity contribution < 1.29 is 10.2 Å². The van der Waals surface area contributed by atoms with Gasteiger partial charge in [-0.2, -0.15) is 0 Å². The van der Waals surface area contributed by atoms with Gasteiger partial charge < -0.3 is 10.2 Å². The number of rotatable bonds is 0. The van der Waals surface area contributed by atoms with Crippen LogP contribution in [-0.4, -0.2) is 10.2 Å². The molecular weight excluding hydrogens is 200 g/mol. The first-order valence-electron chi connectivity index (χ1n) is 4.47. The maximum absolute atomic E-state index is 9.68. The van der Waals surface area contributed by atoms with Gasteiger partial charge in [0.05, 0.1) is 5.02 Å². The summed E-state index contributed by atoms with van der Waals surface area (Å²) in [7, 11) is 0. The van der Waals surface area contributed by atoms with E-state index in [1.807, 2.05) is 13.0 Å². The molecule has 0 aromatic heterocycles. The molecule has 0 amide bonds. The van der Waals surface area contributed by atoms with E-state index in [1.54, 1.807) is 0 Å². The first-order chi connectivity index (χ1) is 6.59. The maximum Gasteiger partial charge on any atom is 0.138 e. The van der Waals surface area contributed by atoms with Crippen LogP contribution in [0.1, 0.15) is 18.1 Å². The van der Waals surface area contributed by atoms with E-state index >= 15 is 0 Å². The average molecular weight is 211 g/mol. The lowest BCUT2D eigenvalue weighted by Crippen LogP contribution is -2.02. The molecule has 1 aromatic rings. The second kappa shape index (κ2) is 3.21. The number of fused-ring (bicyclic) bond motifs is 1. The highest BCUT2D eigenvalue weighted by Crippen LogP contribution is 2.39. The Kier molecular flexibility index (Phi) is 2.16. The zero-order valence-corrected chi connectivity index (χ0v) is 8.60. The summed E-state index contributed by atoms with van der Waals surface area (Å²) in [5.74, 6) is 0.276. The zero-order chi connectivity index (χ0) is 10.3. The van der Waals surface area contributed by atoms with E-state index in [1.165, 1.54) is 11.6 Å². The van der Waals surface area contributed by atoms with Crippen LogP contribution in [0.3, 0.4) is 0 Å². The molecule has 0 bridgehead atoms. The van der Waals surface area contributed by atoms with Gasteiger partial charge in [0, 0.05) is 17.2 Å². The number of allylic oxidation sites excluding steroid dienone is 2. The van der Waals surface area contributed by atoms with Gasteiger partial charge in [-0.15, -0.1) is 0 Å². The van der Waals surface area contributed by atoms with Gasteiger partial charge in [-0.05, 0) is 19.8 Å². The second-order valence-electron chi connectivity index (χ2n) is 3.61. The molecule has 1 aliphatic rings. The molecule has 0 saturated heterocycles.